The van der Waals surface area contributed by atoms with Crippen LogP contribution >= 0.6 is 0 Å². The predicted molar refractivity (Wildman–Crippen MR) is 119 cm³/mol. The second kappa shape index (κ2) is 9.82. The van der Waals surface area contributed by atoms with Crippen molar-refractivity contribution in [3.63, 3.8) is 0 Å². The van der Waals surface area contributed by atoms with E-state index in [1.807, 2.05) is 0 Å². The average Bonchev–Trinajstić information content (AvgIpc) is 2.72. The SMILES string of the molecule is CCCCCCn1nc(C(=O)Nc2cccc(NC(C)=O)c2)c2ccccc2c1=O. The van der Waals surface area contributed by atoms with Gasteiger partial charge in [-0.3, -0.25) is 14.4 Å². The maximum absolute atomic E-state index is 13.0. The van der Waals surface area contributed by atoms with Gasteiger partial charge in [0, 0.05) is 30.2 Å². The summed E-state index contributed by atoms with van der Waals surface area (Å²) >= 11 is 0. The van der Waals surface area contributed by atoms with E-state index in [2.05, 4.69) is 22.7 Å². The summed E-state index contributed by atoms with van der Waals surface area (Å²) in [6.45, 7) is 4.02. The maximum atomic E-state index is 13.0. The molecule has 1 heterocycles. The van der Waals surface area contributed by atoms with E-state index < -0.39 is 5.91 Å². The molecule has 0 saturated heterocycles. The standard InChI is InChI=1S/C23H26N4O3/c1-3-4-5-8-14-27-23(30)20-13-7-6-12-19(20)21(26-27)22(29)25-18-11-9-10-17(15-18)24-16(2)28/h6-7,9-13,15H,3-5,8,14H2,1-2H3,(H,24,28)(H,25,29). The Labute approximate surface area is 175 Å². The molecule has 30 heavy (non-hydrogen) atoms. The molecule has 0 aliphatic rings. The summed E-state index contributed by atoms with van der Waals surface area (Å²) < 4.78 is 1.39. The van der Waals surface area contributed by atoms with Crippen LogP contribution < -0.4 is 16.2 Å². The Bertz CT molecular complexity index is 1120. The number of benzene rings is 2. The lowest BCUT2D eigenvalue weighted by Crippen LogP contribution is -2.27. The molecular weight excluding hydrogens is 380 g/mol. The van der Waals surface area contributed by atoms with Crippen molar-refractivity contribution in [2.75, 3.05) is 10.6 Å². The number of carbonyl (C=O) groups excluding carboxylic acids is 2. The van der Waals surface area contributed by atoms with Gasteiger partial charge in [-0.1, -0.05) is 50.5 Å². The fourth-order valence-corrected chi connectivity index (χ4v) is 3.31. The first-order valence-electron chi connectivity index (χ1n) is 10.2. The highest BCUT2D eigenvalue weighted by Crippen LogP contribution is 2.18. The number of fused-ring (bicyclic) bond motifs is 1. The maximum Gasteiger partial charge on any atom is 0.276 e. The Balaban J connectivity index is 1.92. The second-order valence-corrected chi connectivity index (χ2v) is 7.20. The lowest BCUT2D eigenvalue weighted by atomic mass is 10.1. The highest BCUT2D eigenvalue weighted by Gasteiger charge is 2.17. The summed E-state index contributed by atoms with van der Waals surface area (Å²) in [7, 11) is 0. The third-order valence-corrected chi connectivity index (χ3v) is 4.75. The molecule has 0 aliphatic carbocycles. The largest absolute Gasteiger partial charge is 0.326 e. The first kappa shape index (κ1) is 21.2. The van der Waals surface area contributed by atoms with Crippen molar-refractivity contribution in [3.8, 4) is 0 Å². The molecule has 0 saturated carbocycles. The molecule has 0 atom stereocenters. The van der Waals surface area contributed by atoms with Gasteiger partial charge in [0.05, 0.1) is 5.39 Å². The molecule has 1 aromatic heterocycles. The van der Waals surface area contributed by atoms with Gasteiger partial charge in [-0.15, -0.1) is 0 Å². The molecule has 0 radical (unpaired) electrons. The highest BCUT2D eigenvalue weighted by atomic mass is 16.2. The van der Waals surface area contributed by atoms with Crippen LogP contribution in [0.3, 0.4) is 0 Å². The van der Waals surface area contributed by atoms with E-state index in [1.165, 1.54) is 11.6 Å². The fraction of sp³-hybridized carbons (Fsp3) is 0.304. The Morgan fingerprint density at radius 1 is 0.933 bits per heavy atom. The van der Waals surface area contributed by atoms with Crippen LogP contribution in [0.4, 0.5) is 11.4 Å². The number of hydrogen-bond acceptors (Lipinski definition) is 4. The number of rotatable bonds is 8. The molecule has 3 rings (SSSR count). The fourth-order valence-electron chi connectivity index (χ4n) is 3.31. The van der Waals surface area contributed by atoms with E-state index in [9.17, 15) is 14.4 Å². The summed E-state index contributed by atoms with van der Waals surface area (Å²) in [6.07, 6.45) is 4.04. The van der Waals surface area contributed by atoms with Gasteiger partial charge in [0.2, 0.25) is 5.91 Å². The molecule has 0 fully saturated rings. The van der Waals surface area contributed by atoms with Crippen molar-refractivity contribution in [2.45, 2.75) is 46.1 Å². The molecule has 0 bridgehead atoms. The van der Waals surface area contributed by atoms with Gasteiger partial charge in [-0.05, 0) is 30.7 Å². The third-order valence-electron chi connectivity index (χ3n) is 4.75. The van der Waals surface area contributed by atoms with Crippen LogP contribution in [0.2, 0.25) is 0 Å². The number of hydrogen-bond donors (Lipinski definition) is 2. The minimum absolute atomic E-state index is 0.189. The first-order chi connectivity index (χ1) is 14.5. The molecule has 2 aromatic carbocycles. The van der Waals surface area contributed by atoms with Crippen LogP contribution in [0.25, 0.3) is 10.8 Å². The van der Waals surface area contributed by atoms with Crippen molar-refractivity contribution < 1.29 is 9.59 Å². The van der Waals surface area contributed by atoms with Crippen molar-refractivity contribution in [2.24, 2.45) is 0 Å². The molecule has 2 amide bonds. The van der Waals surface area contributed by atoms with Crippen LogP contribution in [0.1, 0.15) is 50.0 Å². The van der Waals surface area contributed by atoms with Gasteiger partial charge < -0.3 is 10.6 Å². The first-order valence-corrected chi connectivity index (χ1v) is 10.2. The summed E-state index contributed by atoms with van der Waals surface area (Å²) in [4.78, 5) is 37.1. The van der Waals surface area contributed by atoms with Gasteiger partial charge in [0.25, 0.3) is 11.5 Å². The van der Waals surface area contributed by atoms with Crippen LogP contribution in [0, 0.1) is 0 Å². The lowest BCUT2D eigenvalue weighted by molar-refractivity contribution is -0.114. The summed E-state index contributed by atoms with van der Waals surface area (Å²) in [5, 5.41) is 10.9. The van der Waals surface area contributed by atoms with Crippen LogP contribution in [0.15, 0.2) is 53.3 Å². The van der Waals surface area contributed by atoms with Crippen molar-refractivity contribution in [1.82, 2.24) is 9.78 Å². The minimum atomic E-state index is -0.409. The van der Waals surface area contributed by atoms with Gasteiger partial charge in [-0.2, -0.15) is 5.10 Å². The molecule has 7 heteroatoms. The Kier molecular flexibility index (Phi) is 6.95. The van der Waals surface area contributed by atoms with Crippen LogP contribution in [0.5, 0.6) is 0 Å². The average molecular weight is 406 g/mol. The van der Waals surface area contributed by atoms with E-state index >= 15 is 0 Å². The molecule has 156 valence electrons. The molecular formula is C23H26N4O3. The summed E-state index contributed by atoms with van der Waals surface area (Å²) in [6, 6.07) is 13.9. The summed E-state index contributed by atoms with van der Waals surface area (Å²) in [5.74, 6) is -0.602. The van der Waals surface area contributed by atoms with Crippen molar-refractivity contribution in [3.05, 3.63) is 64.6 Å². The normalized spacial score (nSPS) is 10.7. The van der Waals surface area contributed by atoms with Crippen molar-refractivity contribution >= 4 is 34.0 Å². The monoisotopic (exact) mass is 406 g/mol. The highest BCUT2D eigenvalue weighted by molar-refractivity contribution is 6.11. The molecule has 0 unspecified atom stereocenters. The topological polar surface area (TPSA) is 93.1 Å². The van der Waals surface area contributed by atoms with Crippen LogP contribution in [-0.4, -0.2) is 21.6 Å². The van der Waals surface area contributed by atoms with Gasteiger partial charge in [0.15, 0.2) is 5.69 Å². The van der Waals surface area contributed by atoms with Crippen molar-refractivity contribution in [1.29, 1.82) is 0 Å². The predicted octanol–water partition coefficient (Wildman–Crippen LogP) is 4.19. The molecule has 2 N–H and O–H groups in total. The molecule has 0 spiro atoms. The quantitative estimate of drug-likeness (QED) is 0.549. The van der Waals surface area contributed by atoms with E-state index in [0.29, 0.717) is 28.7 Å². The number of unbranched alkanes of at least 4 members (excludes halogenated alkanes) is 3. The Hall–Kier alpha value is -3.48. The third kappa shape index (κ3) is 5.11. The lowest BCUT2D eigenvalue weighted by Gasteiger charge is -2.12. The Morgan fingerprint density at radius 3 is 2.33 bits per heavy atom. The number of aromatic nitrogens is 2. The van der Waals surface area contributed by atoms with Gasteiger partial charge in [-0.25, -0.2) is 4.68 Å². The number of aryl methyl sites for hydroxylation is 1. The smallest absolute Gasteiger partial charge is 0.276 e. The van der Waals surface area contributed by atoms with E-state index in [0.717, 1.165) is 25.7 Å². The molecule has 3 aromatic rings. The van der Waals surface area contributed by atoms with Gasteiger partial charge >= 0.3 is 0 Å². The summed E-state index contributed by atoms with van der Waals surface area (Å²) in [5.41, 5.74) is 1.12. The number of nitrogens with one attached hydrogen (secondary N) is 2. The zero-order valence-corrected chi connectivity index (χ0v) is 17.3. The number of anilines is 2. The number of nitrogens with zero attached hydrogens (tertiary/aromatic N) is 2. The number of amides is 2. The van der Waals surface area contributed by atoms with E-state index in [1.54, 1.807) is 48.5 Å². The van der Waals surface area contributed by atoms with Crippen LogP contribution in [-0.2, 0) is 11.3 Å². The van der Waals surface area contributed by atoms with E-state index in [-0.39, 0.29) is 17.2 Å². The minimum Gasteiger partial charge on any atom is -0.326 e. The molecule has 7 nitrogen and oxygen atoms in total. The van der Waals surface area contributed by atoms with E-state index in [4.69, 9.17) is 0 Å². The zero-order valence-electron chi connectivity index (χ0n) is 17.3. The Morgan fingerprint density at radius 2 is 1.63 bits per heavy atom. The van der Waals surface area contributed by atoms with Gasteiger partial charge in [0.1, 0.15) is 0 Å². The molecule has 0 aliphatic heterocycles. The number of carbonyl (C=O) groups is 2. The second-order valence-electron chi connectivity index (χ2n) is 7.20. The zero-order chi connectivity index (χ0) is 21.5.